The maximum Gasteiger partial charge on any atom is 0.308 e. The molecule has 4 rings (SSSR count). The number of carbonyl (C=O) groups excluding carboxylic acids is 2. The number of carbonyl (C=O) groups is 2. The van der Waals surface area contributed by atoms with Crippen molar-refractivity contribution in [3.05, 3.63) is 63.0 Å². The van der Waals surface area contributed by atoms with Crippen molar-refractivity contribution in [1.82, 2.24) is 14.9 Å². The van der Waals surface area contributed by atoms with Gasteiger partial charge >= 0.3 is 5.97 Å². The molecule has 1 aliphatic carbocycles. The highest BCUT2D eigenvalue weighted by molar-refractivity contribution is 7.18. The summed E-state index contributed by atoms with van der Waals surface area (Å²) in [6.45, 7) is 4.24. The molecule has 1 fully saturated rings. The van der Waals surface area contributed by atoms with Crippen LogP contribution >= 0.6 is 11.3 Å². The number of hydrogen-bond acceptors (Lipinski definition) is 6. The molecule has 0 bridgehead atoms. The number of nitrogens with one attached hydrogen (secondary N) is 1. The van der Waals surface area contributed by atoms with Crippen LogP contribution in [0.4, 0.5) is 0 Å². The minimum absolute atomic E-state index is 0.00348. The monoisotopic (exact) mass is 453 g/mol. The van der Waals surface area contributed by atoms with Crippen LogP contribution in [0, 0.1) is 13.8 Å². The van der Waals surface area contributed by atoms with Crippen molar-refractivity contribution in [2.24, 2.45) is 0 Å². The number of rotatable bonds is 8. The van der Waals surface area contributed by atoms with Gasteiger partial charge in [0.1, 0.15) is 4.83 Å². The van der Waals surface area contributed by atoms with E-state index in [0.29, 0.717) is 16.8 Å². The van der Waals surface area contributed by atoms with E-state index in [-0.39, 0.29) is 36.5 Å². The van der Waals surface area contributed by atoms with Gasteiger partial charge in [-0.2, -0.15) is 0 Å². The van der Waals surface area contributed by atoms with Crippen molar-refractivity contribution in [2.75, 3.05) is 13.2 Å². The molecule has 0 atom stereocenters. The highest BCUT2D eigenvalue weighted by Crippen LogP contribution is 2.43. The number of thiophene rings is 1. The van der Waals surface area contributed by atoms with Crippen LogP contribution in [0.5, 0.6) is 0 Å². The molecule has 168 valence electrons. The Morgan fingerprint density at radius 2 is 1.97 bits per heavy atom. The van der Waals surface area contributed by atoms with E-state index in [2.05, 4.69) is 22.4 Å². The fourth-order valence-electron chi connectivity index (χ4n) is 4.14. The topological polar surface area (TPSA) is 90.3 Å². The lowest BCUT2D eigenvalue weighted by Gasteiger charge is -2.42. The fourth-order valence-corrected chi connectivity index (χ4v) is 5.13. The first-order valence-electron chi connectivity index (χ1n) is 10.8. The first kappa shape index (κ1) is 22.2. The van der Waals surface area contributed by atoms with Crippen molar-refractivity contribution in [3.63, 3.8) is 0 Å². The Kier molecular flexibility index (Phi) is 6.41. The Bertz CT molecular complexity index is 1200. The molecule has 32 heavy (non-hydrogen) atoms. The highest BCUT2D eigenvalue weighted by Gasteiger charge is 2.38. The van der Waals surface area contributed by atoms with Gasteiger partial charge in [-0.15, -0.1) is 11.3 Å². The Morgan fingerprint density at radius 1 is 1.22 bits per heavy atom. The van der Waals surface area contributed by atoms with E-state index >= 15 is 0 Å². The molecule has 2 aromatic heterocycles. The molecular formula is C24H27N3O4S. The zero-order valence-corrected chi connectivity index (χ0v) is 19.2. The molecule has 1 saturated carbocycles. The third-order valence-corrected chi connectivity index (χ3v) is 7.51. The van der Waals surface area contributed by atoms with E-state index in [1.807, 2.05) is 32.0 Å². The minimum atomic E-state index is -0.521. The molecule has 1 N–H and O–H groups in total. The summed E-state index contributed by atoms with van der Waals surface area (Å²) in [4.78, 5) is 43.1. The molecule has 1 aliphatic rings. The molecule has 1 amide bonds. The molecule has 0 saturated heterocycles. The Morgan fingerprint density at radius 3 is 2.66 bits per heavy atom. The summed E-state index contributed by atoms with van der Waals surface area (Å²) in [5.41, 5.74) is 1.98. The maximum absolute atomic E-state index is 12.7. The van der Waals surface area contributed by atoms with Gasteiger partial charge in [0.05, 0.1) is 18.1 Å². The van der Waals surface area contributed by atoms with Crippen LogP contribution in [0.15, 0.2) is 41.5 Å². The van der Waals surface area contributed by atoms with E-state index in [1.54, 1.807) is 0 Å². The maximum atomic E-state index is 12.7. The molecule has 7 nitrogen and oxygen atoms in total. The summed E-state index contributed by atoms with van der Waals surface area (Å²) in [5.74, 6) is -0.836. The summed E-state index contributed by atoms with van der Waals surface area (Å²) >= 11 is 1.49. The minimum Gasteiger partial charge on any atom is -0.456 e. The average Bonchev–Trinajstić information content (AvgIpc) is 3.06. The lowest BCUT2D eigenvalue weighted by Crippen LogP contribution is -2.46. The average molecular weight is 454 g/mol. The lowest BCUT2D eigenvalue weighted by atomic mass is 9.64. The van der Waals surface area contributed by atoms with Gasteiger partial charge in [-0.3, -0.25) is 19.0 Å². The molecule has 8 heteroatoms. The van der Waals surface area contributed by atoms with Gasteiger partial charge in [-0.1, -0.05) is 36.8 Å². The standard InChI is InChI=1S/C24H27N3O4S/c1-16-17(2)32-22-21(16)23(30)27(15-26-22)12-9-20(29)31-13-19(28)25-14-24(10-6-11-24)18-7-4-3-5-8-18/h3-5,7-8,15H,6,9-14H2,1-2H3,(H,25,28). The largest absolute Gasteiger partial charge is 0.456 e. The third kappa shape index (κ3) is 4.46. The second-order valence-electron chi connectivity index (χ2n) is 8.39. The van der Waals surface area contributed by atoms with Crippen molar-refractivity contribution >= 4 is 33.4 Å². The molecule has 0 aliphatic heterocycles. The molecule has 0 unspecified atom stereocenters. The zero-order valence-electron chi connectivity index (χ0n) is 18.3. The molecular weight excluding hydrogens is 426 g/mol. The normalized spacial score (nSPS) is 14.7. The van der Waals surface area contributed by atoms with E-state index in [0.717, 1.165) is 29.7 Å². The highest BCUT2D eigenvalue weighted by atomic mass is 32.1. The van der Waals surface area contributed by atoms with E-state index in [4.69, 9.17) is 4.74 Å². The summed E-state index contributed by atoms with van der Waals surface area (Å²) in [7, 11) is 0. The number of aryl methyl sites for hydroxylation is 3. The van der Waals surface area contributed by atoms with E-state index in [1.165, 1.54) is 27.8 Å². The number of benzene rings is 1. The lowest BCUT2D eigenvalue weighted by molar-refractivity contribution is -0.148. The first-order chi connectivity index (χ1) is 15.4. The van der Waals surface area contributed by atoms with Gasteiger partial charge in [-0.05, 0) is 37.8 Å². The van der Waals surface area contributed by atoms with Crippen LogP contribution in [-0.2, 0) is 26.3 Å². The number of amides is 1. The van der Waals surface area contributed by atoms with Gasteiger partial charge in [0.25, 0.3) is 11.5 Å². The van der Waals surface area contributed by atoms with Gasteiger partial charge in [0.15, 0.2) is 6.61 Å². The quantitative estimate of drug-likeness (QED) is 0.529. The van der Waals surface area contributed by atoms with Crippen LogP contribution in [0.1, 0.15) is 41.7 Å². The first-order valence-corrected chi connectivity index (χ1v) is 11.6. The van der Waals surface area contributed by atoms with Crippen LogP contribution < -0.4 is 10.9 Å². The van der Waals surface area contributed by atoms with E-state index in [9.17, 15) is 14.4 Å². The van der Waals surface area contributed by atoms with Crippen LogP contribution in [0.25, 0.3) is 10.2 Å². The second-order valence-corrected chi connectivity index (χ2v) is 9.60. The smallest absolute Gasteiger partial charge is 0.308 e. The van der Waals surface area contributed by atoms with Crippen LogP contribution in [-0.4, -0.2) is 34.6 Å². The summed E-state index contributed by atoms with van der Waals surface area (Å²) in [5, 5.41) is 3.51. The molecule has 0 radical (unpaired) electrons. The van der Waals surface area contributed by atoms with Crippen molar-refractivity contribution in [3.8, 4) is 0 Å². The molecule has 0 spiro atoms. The van der Waals surface area contributed by atoms with Gasteiger partial charge in [0, 0.05) is 23.4 Å². The number of fused-ring (bicyclic) bond motifs is 1. The number of nitrogens with zero attached hydrogens (tertiary/aromatic N) is 2. The predicted octanol–water partition coefficient (Wildman–Crippen LogP) is 3.25. The van der Waals surface area contributed by atoms with Crippen molar-refractivity contribution in [2.45, 2.75) is 51.5 Å². The van der Waals surface area contributed by atoms with Crippen molar-refractivity contribution in [1.29, 1.82) is 0 Å². The third-order valence-electron chi connectivity index (χ3n) is 6.40. The van der Waals surface area contributed by atoms with E-state index < -0.39 is 5.97 Å². The predicted molar refractivity (Wildman–Crippen MR) is 124 cm³/mol. The number of esters is 1. The molecule has 1 aromatic carbocycles. The Labute approximate surface area is 190 Å². The summed E-state index contributed by atoms with van der Waals surface area (Å²) < 4.78 is 6.54. The summed E-state index contributed by atoms with van der Waals surface area (Å²) in [6.07, 6.45) is 4.67. The molecule has 2 heterocycles. The van der Waals surface area contributed by atoms with Crippen LogP contribution in [0.2, 0.25) is 0 Å². The van der Waals surface area contributed by atoms with Gasteiger partial charge in [0.2, 0.25) is 0 Å². The Balaban J connectivity index is 1.26. The number of aromatic nitrogens is 2. The zero-order chi connectivity index (χ0) is 22.7. The Hall–Kier alpha value is -3.00. The van der Waals surface area contributed by atoms with Crippen LogP contribution in [0.3, 0.4) is 0 Å². The number of ether oxygens (including phenoxy) is 1. The fraction of sp³-hybridized carbons (Fsp3) is 0.417. The molecule has 3 aromatic rings. The van der Waals surface area contributed by atoms with Gasteiger partial charge < -0.3 is 10.1 Å². The van der Waals surface area contributed by atoms with Crippen molar-refractivity contribution < 1.29 is 14.3 Å². The SMILES string of the molecule is Cc1sc2ncn(CCC(=O)OCC(=O)NCC3(c4ccccc4)CCC3)c(=O)c2c1C. The second kappa shape index (κ2) is 9.24. The number of hydrogen-bond donors (Lipinski definition) is 1. The summed E-state index contributed by atoms with van der Waals surface area (Å²) in [6, 6.07) is 10.2. The van der Waals surface area contributed by atoms with Gasteiger partial charge in [-0.25, -0.2) is 4.98 Å².